The van der Waals surface area contributed by atoms with Crippen LogP contribution < -0.4 is 0 Å². The fraction of sp³-hybridized carbons (Fsp3) is 0.821. The van der Waals surface area contributed by atoms with E-state index in [1.807, 2.05) is 13.2 Å². The SMILES string of the molecule is COC1C(O)C(C)OC(OC2CC[C@@]3(C)C(=CC[C@H]4C(=O)O[C@H]5CO[C@]6(C)OC=C(CC[C@H]43)[C@@H]56)C2)C1O. The van der Waals surface area contributed by atoms with Gasteiger partial charge in [-0.1, -0.05) is 18.6 Å². The Kier molecular flexibility index (Phi) is 6.49. The monoisotopic (exact) mass is 520 g/mol. The van der Waals surface area contributed by atoms with Gasteiger partial charge in [-0.2, -0.15) is 0 Å². The maximum atomic E-state index is 13.5. The lowest BCUT2D eigenvalue weighted by molar-refractivity contribution is -0.309. The Balaban J connectivity index is 1.19. The van der Waals surface area contributed by atoms with Crippen molar-refractivity contribution >= 4 is 5.97 Å². The van der Waals surface area contributed by atoms with Crippen molar-refractivity contribution in [2.24, 2.45) is 23.2 Å². The van der Waals surface area contributed by atoms with Gasteiger partial charge in [-0.15, -0.1) is 0 Å². The smallest absolute Gasteiger partial charge is 0.309 e. The fourth-order valence-corrected chi connectivity index (χ4v) is 7.89. The van der Waals surface area contributed by atoms with Gasteiger partial charge in [0.25, 0.3) is 0 Å². The highest BCUT2D eigenvalue weighted by molar-refractivity contribution is 5.74. The number of allylic oxidation sites excluding steroid dienone is 1. The molecule has 4 heterocycles. The average molecular weight is 521 g/mol. The van der Waals surface area contributed by atoms with Crippen LogP contribution in [-0.4, -0.2) is 78.6 Å². The van der Waals surface area contributed by atoms with Gasteiger partial charge in [0.2, 0.25) is 5.79 Å². The molecule has 0 bridgehead atoms. The molecule has 6 unspecified atom stereocenters. The van der Waals surface area contributed by atoms with E-state index in [1.165, 1.54) is 18.3 Å². The summed E-state index contributed by atoms with van der Waals surface area (Å²) in [5, 5.41) is 21.0. The second-order valence-electron chi connectivity index (χ2n) is 12.1. The molecular formula is C28H40O9. The Morgan fingerprint density at radius 1 is 1.16 bits per heavy atom. The highest BCUT2D eigenvalue weighted by Crippen LogP contribution is 2.57. The number of aliphatic hydroxyl groups excluding tert-OH is 2. The van der Waals surface area contributed by atoms with E-state index in [2.05, 4.69) is 13.0 Å². The standard InChI is InChI=1S/C28H40O9/c1-14-22(29)24(32-4)23(30)26(35-14)36-17-9-10-27(2)16(11-17)6-7-18-19(27)8-5-15-12-33-28(3)21(15)20(13-34-28)37-25(18)31/h6,12,14,17-24,26,29-30H,5,7-11,13H2,1-4H3/t14?,17?,18-,19-,20+,21+,22?,23?,24?,26?,27+,28+/m1/s1. The van der Waals surface area contributed by atoms with E-state index in [9.17, 15) is 15.0 Å². The molecule has 1 saturated carbocycles. The van der Waals surface area contributed by atoms with E-state index in [0.29, 0.717) is 13.0 Å². The summed E-state index contributed by atoms with van der Waals surface area (Å²) in [4.78, 5) is 13.5. The molecule has 0 aromatic heterocycles. The number of hydrogen-bond donors (Lipinski definition) is 2. The maximum Gasteiger partial charge on any atom is 0.309 e. The molecule has 6 aliphatic rings. The molecule has 12 atom stereocenters. The van der Waals surface area contributed by atoms with E-state index in [4.69, 9.17) is 28.4 Å². The first-order chi connectivity index (χ1) is 17.6. The molecule has 2 aliphatic carbocycles. The minimum Gasteiger partial charge on any atom is -0.469 e. The van der Waals surface area contributed by atoms with Gasteiger partial charge in [0.15, 0.2) is 6.29 Å². The summed E-state index contributed by atoms with van der Waals surface area (Å²) in [6.07, 6.45) is 4.30. The van der Waals surface area contributed by atoms with E-state index in [0.717, 1.165) is 32.1 Å². The number of carbonyl (C=O) groups excluding carboxylic acids is 1. The zero-order chi connectivity index (χ0) is 26.1. The van der Waals surface area contributed by atoms with Gasteiger partial charge in [0.1, 0.15) is 24.4 Å². The lowest BCUT2D eigenvalue weighted by Crippen LogP contribution is -2.59. The van der Waals surface area contributed by atoms with Crippen LogP contribution in [0.15, 0.2) is 23.5 Å². The summed E-state index contributed by atoms with van der Waals surface area (Å²) < 4.78 is 35.3. The van der Waals surface area contributed by atoms with Crippen LogP contribution in [0.4, 0.5) is 0 Å². The van der Waals surface area contributed by atoms with Crippen molar-refractivity contribution in [3.05, 3.63) is 23.5 Å². The predicted octanol–water partition coefficient (Wildman–Crippen LogP) is 2.59. The largest absolute Gasteiger partial charge is 0.469 e. The maximum absolute atomic E-state index is 13.5. The van der Waals surface area contributed by atoms with Gasteiger partial charge >= 0.3 is 5.97 Å². The normalized spacial score (nSPS) is 51.2. The summed E-state index contributed by atoms with van der Waals surface area (Å²) in [6.45, 7) is 6.35. The average Bonchev–Trinajstić information content (AvgIpc) is 3.38. The minimum atomic E-state index is -1.07. The lowest BCUT2D eigenvalue weighted by atomic mass is 9.55. The van der Waals surface area contributed by atoms with Crippen LogP contribution in [-0.2, 0) is 33.2 Å². The Morgan fingerprint density at radius 3 is 2.76 bits per heavy atom. The van der Waals surface area contributed by atoms with E-state index in [1.54, 1.807) is 6.92 Å². The van der Waals surface area contributed by atoms with Crippen LogP contribution in [0.2, 0.25) is 0 Å². The van der Waals surface area contributed by atoms with Gasteiger partial charge in [-0.05, 0) is 62.4 Å². The zero-order valence-electron chi connectivity index (χ0n) is 22.1. The van der Waals surface area contributed by atoms with E-state index >= 15 is 0 Å². The summed E-state index contributed by atoms with van der Waals surface area (Å²) in [7, 11) is 1.47. The van der Waals surface area contributed by atoms with Crippen molar-refractivity contribution in [1.29, 1.82) is 0 Å². The summed E-state index contributed by atoms with van der Waals surface area (Å²) in [5.74, 6) is -0.910. The molecule has 0 aromatic rings. The van der Waals surface area contributed by atoms with Crippen LogP contribution in [0.1, 0.15) is 59.3 Å². The van der Waals surface area contributed by atoms with Gasteiger partial charge in [-0.25, -0.2) is 0 Å². The van der Waals surface area contributed by atoms with Gasteiger partial charge in [0, 0.05) is 14.0 Å². The third-order valence-electron chi connectivity index (χ3n) is 10.1. The third-order valence-corrected chi connectivity index (χ3v) is 10.1. The van der Waals surface area contributed by atoms with Gasteiger partial charge in [-0.3, -0.25) is 4.79 Å². The molecule has 206 valence electrons. The number of ether oxygens (including phenoxy) is 6. The van der Waals surface area contributed by atoms with Crippen LogP contribution in [0.5, 0.6) is 0 Å². The zero-order valence-corrected chi connectivity index (χ0v) is 22.1. The van der Waals surface area contributed by atoms with Crippen molar-refractivity contribution in [1.82, 2.24) is 0 Å². The van der Waals surface area contributed by atoms with Crippen LogP contribution in [0.25, 0.3) is 0 Å². The first-order valence-electron chi connectivity index (χ1n) is 13.7. The molecule has 0 aromatic carbocycles. The summed E-state index contributed by atoms with van der Waals surface area (Å²) in [5.41, 5.74) is 2.36. The Labute approximate surface area is 218 Å². The highest BCUT2D eigenvalue weighted by Gasteiger charge is 2.58. The first-order valence-corrected chi connectivity index (χ1v) is 13.7. The lowest BCUT2D eigenvalue weighted by Gasteiger charge is -2.51. The molecule has 0 spiro atoms. The number of fused-ring (bicyclic) bond motifs is 3. The van der Waals surface area contributed by atoms with E-state index < -0.39 is 36.5 Å². The predicted molar refractivity (Wildman–Crippen MR) is 130 cm³/mol. The number of rotatable bonds is 3. The quantitative estimate of drug-likeness (QED) is 0.428. The molecule has 4 fully saturated rings. The molecule has 0 radical (unpaired) electrons. The second kappa shape index (κ2) is 9.31. The number of methoxy groups -OCH3 is 1. The molecular weight excluding hydrogens is 480 g/mol. The minimum absolute atomic E-state index is 0.0419. The molecule has 2 N–H and O–H groups in total. The number of carbonyl (C=O) groups is 1. The number of hydrogen-bond acceptors (Lipinski definition) is 9. The molecule has 9 heteroatoms. The molecule has 3 saturated heterocycles. The second-order valence-corrected chi connectivity index (χ2v) is 12.1. The molecule has 37 heavy (non-hydrogen) atoms. The Morgan fingerprint density at radius 2 is 1.97 bits per heavy atom. The third kappa shape index (κ3) is 4.08. The van der Waals surface area contributed by atoms with Crippen molar-refractivity contribution < 1.29 is 43.4 Å². The van der Waals surface area contributed by atoms with Crippen molar-refractivity contribution in [3.8, 4) is 0 Å². The molecule has 9 nitrogen and oxygen atoms in total. The first kappa shape index (κ1) is 25.8. The topological polar surface area (TPSA) is 113 Å². The van der Waals surface area contributed by atoms with Crippen LogP contribution >= 0.6 is 0 Å². The summed E-state index contributed by atoms with van der Waals surface area (Å²) >= 11 is 0. The van der Waals surface area contributed by atoms with Gasteiger partial charge < -0.3 is 38.6 Å². The molecule has 0 amide bonds. The van der Waals surface area contributed by atoms with Gasteiger partial charge in [0.05, 0.1) is 36.9 Å². The van der Waals surface area contributed by atoms with E-state index in [-0.39, 0.29) is 41.3 Å². The highest BCUT2D eigenvalue weighted by atomic mass is 16.7. The Bertz CT molecular complexity index is 979. The van der Waals surface area contributed by atoms with Crippen molar-refractivity contribution in [3.63, 3.8) is 0 Å². The fourth-order valence-electron chi connectivity index (χ4n) is 7.89. The Hall–Kier alpha value is -1.49. The summed E-state index contributed by atoms with van der Waals surface area (Å²) in [6, 6.07) is 0. The molecule has 4 aliphatic heterocycles. The van der Waals surface area contributed by atoms with Crippen molar-refractivity contribution in [2.75, 3.05) is 13.7 Å². The van der Waals surface area contributed by atoms with Crippen LogP contribution in [0.3, 0.4) is 0 Å². The number of esters is 1. The molecule has 6 rings (SSSR count). The number of aliphatic hydroxyl groups is 2. The van der Waals surface area contributed by atoms with Crippen molar-refractivity contribution in [2.45, 2.75) is 108 Å². The van der Waals surface area contributed by atoms with Crippen LogP contribution in [0, 0.1) is 23.2 Å².